The van der Waals surface area contributed by atoms with Crippen molar-refractivity contribution in [1.29, 1.82) is 0 Å². The third-order valence-corrected chi connectivity index (χ3v) is 20.4. The molecule has 0 N–H and O–H groups in total. The largest absolute Gasteiger partial charge is 0.453 e. The van der Waals surface area contributed by atoms with Crippen molar-refractivity contribution in [1.82, 2.24) is 0 Å². The predicted molar refractivity (Wildman–Crippen MR) is 353 cm³/mol. The lowest BCUT2D eigenvalue weighted by atomic mass is 9.80. The SMILES string of the molecule is CCC(C)(C)c1ccc2c(c1)N(c1ccc3c(c1)C(C)(C)c1cc(-c4ccc5c(c4)C(C)(C)c4cc(N6c7cc(C(C)(C)CC)ccc7Oc7cc8cc9ccccc9cc8cc76)ccc4-5)ccc1-3)c1cc3cc4ccccc4cc3cc1O2. The number of benzene rings is 12. The van der Waals surface area contributed by atoms with Crippen LogP contribution in [0.25, 0.3) is 76.5 Å². The molecule has 12 aromatic carbocycles. The third-order valence-electron chi connectivity index (χ3n) is 20.4. The van der Waals surface area contributed by atoms with E-state index in [2.05, 4.69) is 285 Å². The molecule has 4 heteroatoms. The fraction of sp³-hybridized carbons (Fsp3) is 0.200. The van der Waals surface area contributed by atoms with E-state index in [4.69, 9.17) is 9.47 Å². The Morgan fingerprint density at radius 3 is 1.02 bits per heavy atom. The molecule has 0 bridgehead atoms. The zero-order valence-corrected chi connectivity index (χ0v) is 49.8. The summed E-state index contributed by atoms with van der Waals surface area (Å²) in [6.07, 6.45) is 2.06. The Kier molecular flexibility index (Phi) is 10.7. The average Bonchev–Trinajstić information content (AvgIpc) is 1.78. The molecule has 4 aliphatic rings. The number of anilines is 6. The second-order valence-corrected chi connectivity index (χ2v) is 26.7. The summed E-state index contributed by atoms with van der Waals surface area (Å²) in [6.45, 7) is 23.6. The molecule has 0 radical (unpaired) electrons. The highest BCUT2D eigenvalue weighted by Gasteiger charge is 2.40. The van der Waals surface area contributed by atoms with Crippen molar-refractivity contribution in [3.05, 3.63) is 240 Å². The van der Waals surface area contributed by atoms with E-state index in [1.807, 2.05) is 0 Å². The highest BCUT2D eigenvalue weighted by Crippen LogP contribution is 2.59. The lowest BCUT2D eigenvalue weighted by Gasteiger charge is -2.35. The first-order chi connectivity index (χ1) is 40.4. The van der Waals surface area contributed by atoms with Gasteiger partial charge in [-0.2, -0.15) is 0 Å². The molecule has 0 amide bonds. The second-order valence-electron chi connectivity index (χ2n) is 26.7. The highest BCUT2D eigenvalue weighted by atomic mass is 16.5. The van der Waals surface area contributed by atoms with Crippen molar-refractivity contribution in [2.45, 2.75) is 104 Å². The minimum absolute atomic E-state index is 0.00128. The molecule has 0 spiro atoms. The summed E-state index contributed by atoms with van der Waals surface area (Å²) in [4.78, 5) is 4.92. The van der Waals surface area contributed by atoms with Crippen LogP contribution in [0.1, 0.15) is 115 Å². The summed E-state index contributed by atoms with van der Waals surface area (Å²) in [7, 11) is 0. The van der Waals surface area contributed by atoms with Crippen LogP contribution in [0.3, 0.4) is 0 Å². The minimum atomic E-state index is -0.268. The Morgan fingerprint density at radius 2 is 0.655 bits per heavy atom. The lowest BCUT2D eigenvalue weighted by molar-refractivity contribution is 0.473. The zero-order chi connectivity index (χ0) is 57.3. The maximum atomic E-state index is 6.89. The van der Waals surface area contributed by atoms with Crippen LogP contribution in [-0.2, 0) is 21.7 Å². The first-order valence-electron chi connectivity index (χ1n) is 30.2. The topological polar surface area (TPSA) is 24.9 Å². The number of hydrogen-bond acceptors (Lipinski definition) is 4. The molecule has 0 fully saturated rings. The summed E-state index contributed by atoms with van der Waals surface area (Å²) >= 11 is 0. The Hall–Kier alpha value is -9.12. The van der Waals surface area contributed by atoms with E-state index in [-0.39, 0.29) is 21.7 Å². The van der Waals surface area contributed by atoms with Crippen molar-refractivity contribution in [2.75, 3.05) is 9.80 Å². The van der Waals surface area contributed by atoms with Gasteiger partial charge in [-0.05, 0) is 243 Å². The van der Waals surface area contributed by atoms with E-state index in [0.29, 0.717) is 0 Å². The van der Waals surface area contributed by atoms with Crippen molar-refractivity contribution in [3.63, 3.8) is 0 Å². The second kappa shape index (κ2) is 17.7. The average molecular weight is 1090 g/mol. The van der Waals surface area contributed by atoms with Crippen LogP contribution in [0.2, 0.25) is 0 Å². The molecule has 0 unspecified atom stereocenters. The number of hydrogen-bond donors (Lipinski definition) is 0. The number of rotatable bonds is 7. The maximum Gasteiger partial charge on any atom is 0.152 e. The first-order valence-corrected chi connectivity index (χ1v) is 30.2. The van der Waals surface area contributed by atoms with Gasteiger partial charge in [-0.15, -0.1) is 0 Å². The molecular formula is C80H68N2O2. The van der Waals surface area contributed by atoms with Gasteiger partial charge in [0.05, 0.1) is 22.7 Å². The summed E-state index contributed by atoms with van der Waals surface area (Å²) in [5.74, 6) is 3.47. The van der Waals surface area contributed by atoms with Gasteiger partial charge >= 0.3 is 0 Å². The van der Waals surface area contributed by atoms with Crippen molar-refractivity contribution < 1.29 is 9.47 Å². The van der Waals surface area contributed by atoms with Crippen LogP contribution in [-0.4, -0.2) is 0 Å². The van der Waals surface area contributed by atoms with Crippen molar-refractivity contribution >= 4 is 77.2 Å². The summed E-state index contributed by atoms with van der Waals surface area (Å²) in [5, 5.41) is 9.64. The van der Waals surface area contributed by atoms with Crippen LogP contribution >= 0.6 is 0 Å². The van der Waals surface area contributed by atoms with Crippen molar-refractivity contribution in [3.8, 4) is 56.4 Å². The van der Waals surface area contributed by atoms with Crippen LogP contribution in [0, 0.1) is 0 Å². The lowest BCUT2D eigenvalue weighted by Crippen LogP contribution is -2.20. The predicted octanol–water partition coefficient (Wildman–Crippen LogP) is 23.1. The van der Waals surface area contributed by atoms with Crippen molar-refractivity contribution in [2.24, 2.45) is 0 Å². The van der Waals surface area contributed by atoms with Gasteiger partial charge < -0.3 is 19.3 Å². The fourth-order valence-corrected chi connectivity index (χ4v) is 14.4. The van der Waals surface area contributed by atoms with Gasteiger partial charge in [-0.1, -0.05) is 166 Å². The molecule has 0 aromatic heterocycles. The van der Waals surface area contributed by atoms with Gasteiger partial charge in [0.2, 0.25) is 0 Å². The molecule has 410 valence electrons. The number of fused-ring (bicyclic) bond motifs is 14. The molecule has 2 aliphatic carbocycles. The quantitative estimate of drug-likeness (QED) is 0.149. The molecule has 2 heterocycles. The number of nitrogens with zero attached hydrogens (tertiary/aromatic N) is 2. The first kappa shape index (κ1) is 50.6. The van der Waals surface area contributed by atoms with E-state index in [1.165, 1.54) is 110 Å². The van der Waals surface area contributed by atoms with E-state index in [9.17, 15) is 0 Å². The van der Waals surface area contributed by atoms with Gasteiger partial charge in [-0.25, -0.2) is 0 Å². The van der Waals surface area contributed by atoms with E-state index >= 15 is 0 Å². The molecule has 0 saturated carbocycles. The Balaban J connectivity index is 0.761. The highest BCUT2D eigenvalue weighted by molar-refractivity contribution is 6.05. The summed E-state index contributed by atoms with van der Waals surface area (Å²) in [5.41, 5.74) is 21.6. The van der Waals surface area contributed by atoms with Gasteiger partial charge in [-0.3, -0.25) is 0 Å². The normalized spacial score (nSPS) is 15.0. The molecule has 0 saturated heterocycles. The molecule has 2 aliphatic heterocycles. The van der Waals surface area contributed by atoms with Gasteiger partial charge in [0.15, 0.2) is 23.0 Å². The number of ether oxygens (including phenoxy) is 2. The fourth-order valence-electron chi connectivity index (χ4n) is 14.4. The Labute approximate surface area is 493 Å². The summed E-state index contributed by atoms with van der Waals surface area (Å²) in [6, 6.07) is 78.0. The van der Waals surface area contributed by atoms with Gasteiger partial charge in [0.25, 0.3) is 0 Å². The summed E-state index contributed by atoms with van der Waals surface area (Å²) < 4.78 is 13.8. The molecule has 12 aromatic rings. The molecule has 16 rings (SSSR count). The standard InChI is InChI=1S/C80H68N2O2/c1-11-77(3,4)57-23-31-73-71(43-57)81(69-39-53-33-47-17-13-15-19-49(47)35-55(53)41-75(69)83-73)59-25-29-63-61-27-21-51(37-65(61)79(7,8)67(63)45-59)52-22-28-62-64-30-26-60(46-68(64)80(9,10)66(62)38-52)82-70-40-54-34-48-18-14-16-20-50(48)36-56(54)42-76(70)84-74-32-24-58(44-72(74)82)78(5,6)12-2/h13-46H,11-12H2,1-10H3. The minimum Gasteiger partial charge on any atom is -0.453 e. The van der Waals surface area contributed by atoms with Gasteiger partial charge in [0, 0.05) is 22.2 Å². The molecule has 0 atom stereocenters. The molecular weight excluding hydrogens is 1020 g/mol. The molecule has 84 heavy (non-hydrogen) atoms. The smallest absolute Gasteiger partial charge is 0.152 e. The van der Waals surface area contributed by atoms with Crippen LogP contribution in [0.5, 0.6) is 23.0 Å². The zero-order valence-electron chi connectivity index (χ0n) is 49.8. The Morgan fingerprint density at radius 1 is 0.321 bits per heavy atom. The van der Waals surface area contributed by atoms with E-state index in [0.717, 1.165) is 70.0 Å². The van der Waals surface area contributed by atoms with E-state index in [1.54, 1.807) is 0 Å². The Bertz CT molecular complexity index is 4540. The monoisotopic (exact) mass is 1090 g/mol. The molecule has 4 nitrogen and oxygen atoms in total. The van der Waals surface area contributed by atoms with Gasteiger partial charge in [0.1, 0.15) is 0 Å². The third kappa shape index (κ3) is 7.45. The maximum absolute atomic E-state index is 6.89. The van der Waals surface area contributed by atoms with Crippen LogP contribution in [0.15, 0.2) is 206 Å². The van der Waals surface area contributed by atoms with Crippen LogP contribution in [0.4, 0.5) is 34.1 Å². The van der Waals surface area contributed by atoms with E-state index < -0.39 is 0 Å². The van der Waals surface area contributed by atoms with Crippen LogP contribution < -0.4 is 19.3 Å².